The molecule has 0 aromatic rings. The van der Waals surface area contributed by atoms with Crippen LogP contribution in [0.3, 0.4) is 0 Å². The summed E-state index contributed by atoms with van der Waals surface area (Å²) in [7, 11) is 0. The zero-order chi connectivity index (χ0) is 13.7. The molecule has 1 heterocycles. The summed E-state index contributed by atoms with van der Waals surface area (Å²) in [5, 5.41) is 2.91. The second-order valence-electron chi connectivity index (χ2n) is 4.50. The molecule has 0 radical (unpaired) electrons. The molecule has 3 N–H and O–H groups in total. The Balaban J connectivity index is 2.58. The number of rotatable bonds is 7. The topological polar surface area (TPSA) is 92.5 Å². The maximum atomic E-state index is 12.1. The molecule has 1 aliphatic rings. The molecule has 0 aromatic heterocycles. The number of hydrogen-bond donors (Lipinski definition) is 2. The Morgan fingerprint density at radius 1 is 1.44 bits per heavy atom. The highest BCUT2D eigenvalue weighted by molar-refractivity contribution is 6.05. The lowest BCUT2D eigenvalue weighted by molar-refractivity contribution is -0.141. The van der Waals surface area contributed by atoms with Crippen LogP contribution in [-0.2, 0) is 14.4 Å². The van der Waals surface area contributed by atoms with E-state index in [0.717, 1.165) is 12.8 Å². The number of likely N-dealkylation sites (tertiary alicyclic amines) is 1. The Kier molecular flexibility index (Phi) is 5.27. The average Bonchev–Trinajstić information content (AvgIpc) is 2.58. The van der Waals surface area contributed by atoms with Crippen LogP contribution in [0.2, 0.25) is 0 Å². The minimum Gasteiger partial charge on any atom is -0.370 e. The molecule has 0 saturated carbocycles. The summed E-state index contributed by atoms with van der Waals surface area (Å²) in [6, 6.07) is -0.523. The molecule has 18 heavy (non-hydrogen) atoms. The van der Waals surface area contributed by atoms with Crippen molar-refractivity contribution in [3.63, 3.8) is 0 Å². The molecular weight excluding hydrogens is 234 g/mol. The minimum atomic E-state index is -0.502. The fraction of sp³-hybridized carbons (Fsp3) is 0.750. The molecule has 1 fully saturated rings. The van der Waals surface area contributed by atoms with E-state index in [1.54, 1.807) is 0 Å². The van der Waals surface area contributed by atoms with Crippen molar-refractivity contribution < 1.29 is 14.4 Å². The van der Waals surface area contributed by atoms with Gasteiger partial charge in [-0.3, -0.25) is 19.3 Å². The molecule has 1 unspecified atom stereocenters. The van der Waals surface area contributed by atoms with Crippen LogP contribution in [0, 0.1) is 0 Å². The number of imide groups is 1. The number of nitrogens with two attached hydrogens (primary N) is 1. The number of nitrogens with zero attached hydrogens (tertiary/aromatic N) is 1. The van der Waals surface area contributed by atoms with Gasteiger partial charge in [-0.05, 0) is 12.8 Å². The van der Waals surface area contributed by atoms with E-state index in [-0.39, 0.29) is 30.7 Å². The molecule has 3 amide bonds. The van der Waals surface area contributed by atoms with Gasteiger partial charge in [-0.1, -0.05) is 13.8 Å². The maximum absolute atomic E-state index is 12.1. The highest BCUT2D eigenvalue weighted by Gasteiger charge is 2.40. The molecule has 1 rings (SSSR count). The first-order chi connectivity index (χ1) is 8.51. The van der Waals surface area contributed by atoms with Gasteiger partial charge in [-0.15, -0.1) is 0 Å². The lowest BCUT2D eigenvalue weighted by Crippen LogP contribution is -2.44. The van der Waals surface area contributed by atoms with Crippen molar-refractivity contribution in [1.82, 2.24) is 10.2 Å². The molecule has 0 bridgehead atoms. The van der Waals surface area contributed by atoms with Crippen LogP contribution >= 0.6 is 0 Å². The van der Waals surface area contributed by atoms with Crippen LogP contribution in [0.25, 0.3) is 0 Å². The predicted molar refractivity (Wildman–Crippen MR) is 66.4 cm³/mol. The van der Waals surface area contributed by atoms with Gasteiger partial charge < -0.3 is 11.1 Å². The van der Waals surface area contributed by atoms with Crippen LogP contribution in [0.4, 0.5) is 0 Å². The summed E-state index contributed by atoms with van der Waals surface area (Å²) >= 11 is 0. The van der Waals surface area contributed by atoms with Crippen molar-refractivity contribution in [1.29, 1.82) is 0 Å². The van der Waals surface area contributed by atoms with Gasteiger partial charge in [0.1, 0.15) is 0 Å². The van der Waals surface area contributed by atoms with Crippen LogP contribution in [0.5, 0.6) is 0 Å². The molecule has 1 aliphatic heterocycles. The fourth-order valence-corrected chi connectivity index (χ4v) is 2.22. The van der Waals surface area contributed by atoms with Crippen LogP contribution in [-0.4, -0.2) is 41.2 Å². The third-order valence-electron chi connectivity index (χ3n) is 3.25. The summed E-state index contributed by atoms with van der Waals surface area (Å²) in [5.74, 6) is -0.737. The van der Waals surface area contributed by atoms with Crippen molar-refractivity contribution >= 4 is 17.7 Å². The monoisotopic (exact) mass is 255 g/mol. The van der Waals surface area contributed by atoms with E-state index >= 15 is 0 Å². The van der Waals surface area contributed by atoms with Crippen LogP contribution in [0.1, 0.15) is 39.5 Å². The van der Waals surface area contributed by atoms with Gasteiger partial charge in [0.05, 0.1) is 12.5 Å². The Morgan fingerprint density at radius 2 is 2.06 bits per heavy atom. The average molecular weight is 255 g/mol. The number of primary amides is 1. The van der Waals surface area contributed by atoms with Gasteiger partial charge in [0, 0.05) is 19.0 Å². The van der Waals surface area contributed by atoms with Gasteiger partial charge in [0.2, 0.25) is 17.7 Å². The molecular formula is C12H21N3O3. The van der Waals surface area contributed by atoms with Crippen LogP contribution < -0.4 is 11.1 Å². The molecule has 6 nitrogen and oxygen atoms in total. The predicted octanol–water partition coefficient (Wildman–Crippen LogP) is -0.232. The molecule has 0 spiro atoms. The standard InChI is InChI=1S/C12H21N3O3/c1-3-8(4-2)15-11(17)7-9(12(15)18)14-6-5-10(13)16/h8-9,14H,3-7H2,1-2H3,(H2,13,16). The summed E-state index contributed by atoms with van der Waals surface area (Å²) in [6.07, 6.45) is 1.88. The zero-order valence-corrected chi connectivity index (χ0v) is 10.9. The Hall–Kier alpha value is -1.43. The van der Waals surface area contributed by atoms with E-state index in [2.05, 4.69) is 5.32 Å². The second-order valence-corrected chi connectivity index (χ2v) is 4.50. The van der Waals surface area contributed by atoms with Crippen molar-refractivity contribution in [2.45, 2.75) is 51.6 Å². The number of carbonyl (C=O) groups is 3. The van der Waals surface area contributed by atoms with E-state index in [0.29, 0.717) is 6.54 Å². The fourth-order valence-electron chi connectivity index (χ4n) is 2.22. The van der Waals surface area contributed by atoms with E-state index in [1.165, 1.54) is 4.90 Å². The van der Waals surface area contributed by atoms with Crippen LogP contribution in [0.15, 0.2) is 0 Å². The first-order valence-electron chi connectivity index (χ1n) is 6.38. The summed E-state index contributed by atoms with van der Waals surface area (Å²) in [4.78, 5) is 35.9. The lowest BCUT2D eigenvalue weighted by atomic mass is 10.1. The number of carbonyl (C=O) groups excluding carboxylic acids is 3. The van der Waals surface area contributed by atoms with Gasteiger partial charge in [0.15, 0.2) is 0 Å². The third-order valence-corrected chi connectivity index (χ3v) is 3.25. The normalized spacial score (nSPS) is 19.9. The molecule has 1 atom stereocenters. The summed E-state index contributed by atoms with van der Waals surface area (Å²) in [5.41, 5.74) is 5.02. The molecule has 0 aromatic carbocycles. The SMILES string of the molecule is CCC(CC)N1C(=O)CC(NCCC(N)=O)C1=O. The van der Waals surface area contributed by atoms with Gasteiger partial charge >= 0.3 is 0 Å². The van der Waals surface area contributed by atoms with Crippen molar-refractivity contribution in [2.24, 2.45) is 5.73 Å². The molecule has 1 saturated heterocycles. The van der Waals surface area contributed by atoms with Gasteiger partial charge in [0.25, 0.3) is 0 Å². The largest absolute Gasteiger partial charge is 0.370 e. The van der Waals surface area contributed by atoms with E-state index in [4.69, 9.17) is 5.73 Å². The number of amides is 3. The van der Waals surface area contributed by atoms with E-state index < -0.39 is 11.9 Å². The highest BCUT2D eigenvalue weighted by atomic mass is 16.2. The first kappa shape index (κ1) is 14.6. The number of nitrogens with one attached hydrogen (secondary N) is 1. The number of hydrogen-bond acceptors (Lipinski definition) is 4. The van der Waals surface area contributed by atoms with E-state index in [1.807, 2.05) is 13.8 Å². The first-order valence-corrected chi connectivity index (χ1v) is 6.38. The molecule has 102 valence electrons. The third kappa shape index (κ3) is 3.29. The lowest BCUT2D eigenvalue weighted by Gasteiger charge is -2.24. The van der Waals surface area contributed by atoms with Crippen molar-refractivity contribution in [3.8, 4) is 0 Å². The smallest absolute Gasteiger partial charge is 0.247 e. The Labute approximate surface area is 107 Å². The van der Waals surface area contributed by atoms with Gasteiger partial charge in [-0.25, -0.2) is 0 Å². The Morgan fingerprint density at radius 3 is 2.56 bits per heavy atom. The van der Waals surface area contributed by atoms with Gasteiger partial charge in [-0.2, -0.15) is 0 Å². The molecule has 6 heteroatoms. The quantitative estimate of drug-likeness (QED) is 0.614. The summed E-state index contributed by atoms with van der Waals surface area (Å²) < 4.78 is 0. The van der Waals surface area contributed by atoms with Crippen molar-refractivity contribution in [2.75, 3.05) is 6.54 Å². The van der Waals surface area contributed by atoms with Crippen molar-refractivity contribution in [3.05, 3.63) is 0 Å². The molecule has 0 aliphatic carbocycles. The maximum Gasteiger partial charge on any atom is 0.247 e. The zero-order valence-electron chi connectivity index (χ0n) is 10.9. The minimum absolute atomic E-state index is 0.0204. The summed E-state index contributed by atoms with van der Waals surface area (Å²) in [6.45, 7) is 4.25. The van der Waals surface area contributed by atoms with E-state index in [9.17, 15) is 14.4 Å². The Bertz CT molecular complexity index is 339. The highest BCUT2D eigenvalue weighted by Crippen LogP contribution is 2.19. The second kappa shape index (κ2) is 6.49.